The van der Waals surface area contributed by atoms with Gasteiger partial charge in [-0.2, -0.15) is 0 Å². The van der Waals surface area contributed by atoms with E-state index in [1.54, 1.807) is 0 Å². The highest BCUT2D eigenvalue weighted by atomic mass is 16.5. The highest BCUT2D eigenvalue weighted by Gasteiger charge is 2.10. The highest BCUT2D eigenvalue weighted by molar-refractivity contribution is 5.54. The summed E-state index contributed by atoms with van der Waals surface area (Å²) in [5, 5.41) is 6.89. The van der Waals surface area contributed by atoms with Gasteiger partial charge >= 0.3 is 0 Å². The summed E-state index contributed by atoms with van der Waals surface area (Å²) in [4.78, 5) is 10.7. The van der Waals surface area contributed by atoms with Crippen LogP contribution in [0, 0.1) is 13.8 Å². The summed E-state index contributed by atoms with van der Waals surface area (Å²) in [6.45, 7) is 9.13. The van der Waals surface area contributed by atoms with E-state index in [2.05, 4.69) is 11.8 Å². The summed E-state index contributed by atoms with van der Waals surface area (Å²) in [6, 6.07) is 3.95. The first kappa shape index (κ1) is 17.3. The minimum atomic E-state index is -0.250. The summed E-state index contributed by atoms with van der Waals surface area (Å²) < 4.78 is 11.1. The van der Waals surface area contributed by atoms with Crippen LogP contribution in [0.5, 0.6) is 5.75 Å². The highest BCUT2D eigenvalue weighted by Crippen LogP contribution is 2.23. The van der Waals surface area contributed by atoms with Gasteiger partial charge in [0.2, 0.25) is 0 Å². The first-order valence-electron chi connectivity index (χ1n) is 6.96. The molecule has 0 saturated carbocycles. The fourth-order valence-electron chi connectivity index (χ4n) is 2.05. The Morgan fingerprint density at radius 1 is 1.38 bits per heavy atom. The molecule has 6 heteroatoms. The molecular weight excluding hydrogens is 272 g/mol. The molecule has 0 unspecified atom stereocenters. The number of benzene rings is 1. The van der Waals surface area contributed by atoms with Gasteiger partial charge in [-0.05, 0) is 31.0 Å². The molecule has 3 N–H and O–H groups in total. The second kappa shape index (κ2) is 9.20. The summed E-state index contributed by atoms with van der Waals surface area (Å²) in [6.07, 6.45) is 0. The molecule has 1 fully saturated rings. The second-order valence-electron chi connectivity index (χ2n) is 4.86. The molecule has 1 aromatic carbocycles. The lowest BCUT2D eigenvalue weighted by Crippen LogP contribution is -2.38. The quantitative estimate of drug-likeness (QED) is 0.643. The average molecular weight is 296 g/mol. The van der Waals surface area contributed by atoms with Crippen LogP contribution >= 0.6 is 0 Å². The molecule has 0 radical (unpaired) electrons. The predicted octanol–water partition coefficient (Wildman–Crippen LogP) is 1.30. The van der Waals surface area contributed by atoms with Gasteiger partial charge in [0.1, 0.15) is 12.4 Å². The van der Waals surface area contributed by atoms with Crippen molar-refractivity contribution in [3.63, 3.8) is 0 Å². The van der Waals surface area contributed by atoms with Gasteiger partial charge in [0.25, 0.3) is 6.47 Å². The number of nitrogens with zero attached hydrogens (tertiary/aromatic N) is 1. The monoisotopic (exact) mass is 296 g/mol. The van der Waals surface area contributed by atoms with Gasteiger partial charge in [-0.3, -0.25) is 9.69 Å². The van der Waals surface area contributed by atoms with Crippen molar-refractivity contribution in [2.45, 2.75) is 13.8 Å². The number of hydrogen-bond donors (Lipinski definition) is 2. The molecule has 0 atom stereocenters. The molecule has 1 aromatic rings. The van der Waals surface area contributed by atoms with Crippen molar-refractivity contribution < 1.29 is 19.4 Å². The normalized spacial score (nSPS) is 15.0. The molecular formula is C15H24N2O4. The molecule has 1 saturated heterocycles. The molecule has 118 valence electrons. The molecule has 0 amide bonds. The zero-order valence-corrected chi connectivity index (χ0v) is 12.7. The Labute approximate surface area is 125 Å². The minimum Gasteiger partial charge on any atom is -0.492 e. The standard InChI is InChI=1S/C14H22N2O2.CH2O2/c1-11-9-13(10-14(15)12(11)2)18-8-5-16-3-6-17-7-4-16;2-1-3/h9-10H,3-8,15H2,1-2H3;1H,(H,2,3). The van der Waals surface area contributed by atoms with Crippen LogP contribution in [0.3, 0.4) is 0 Å². The number of rotatable bonds is 4. The first-order valence-corrected chi connectivity index (χ1v) is 6.96. The van der Waals surface area contributed by atoms with Crippen LogP contribution in [0.2, 0.25) is 0 Å². The van der Waals surface area contributed by atoms with E-state index in [4.69, 9.17) is 25.1 Å². The van der Waals surface area contributed by atoms with E-state index in [0.717, 1.165) is 49.8 Å². The SMILES string of the molecule is Cc1cc(OCCN2CCOCC2)cc(N)c1C.O=CO. The number of aryl methyl sites for hydroxylation is 1. The van der Waals surface area contributed by atoms with Crippen LogP contribution in [-0.4, -0.2) is 55.9 Å². The van der Waals surface area contributed by atoms with E-state index in [0.29, 0.717) is 6.61 Å². The van der Waals surface area contributed by atoms with Crippen molar-refractivity contribution in [3.05, 3.63) is 23.3 Å². The molecule has 0 bridgehead atoms. The van der Waals surface area contributed by atoms with Gasteiger partial charge in [-0.1, -0.05) is 0 Å². The predicted molar refractivity (Wildman–Crippen MR) is 81.8 cm³/mol. The topological polar surface area (TPSA) is 85.0 Å². The largest absolute Gasteiger partial charge is 0.492 e. The van der Waals surface area contributed by atoms with Crippen molar-refractivity contribution in [1.82, 2.24) is 4.90 Å². The van der Waals surface area contributed by atoms with Crippen LogP contribution in [-0.2, 0) is 9.53 Å². The summed E-state index contributed by atoms with van der Waals surface area (Å²) in [5.41, 5.74) is 9.04. The van der Waals surface area contributed by atoms with Gasteiger partial charge in [-0.25, -0.2) is 0 Å². The van der Waals surface area contributed by atoms with Crippen LogP contribution in [0.1, 0.15) is 11.1 Å². The number of nitrogens with two attached hydrogens (primary N) is 1. The number of morpholine rings is 1. The maximum atomic E-state index is 8.36. The van der Waals surface area contributed by atoms with Crippen molar-refractivity contribution in [3.8, 4) is 5.75 Å². The third-order valence-corrected chi connectivity index (χ3v) is 3.46. The molecule has 1 heterocycles. The average Bonchev–Trinajstić information content (AvgIpc) is 2.47. The van der Waals surface area contributed by atoms with E-state index in [1.165, 1.54) is 5.56 Å². The summed E-state index contributed by atoms with van der Waals surface area (Å²) >= 11 is 0. The van der Waals surface area contributed by atoms with E-state index in [1.807, 2.05) is 19.1 Å². The lowest BCUT2D eigenvalue weighted by atomic mass is 10.1. The van der Waals surface area contributed by atoms with Gasteiger partial charge in [-0.15, -0.1) is 0 Å². The maximum Gasteiger partial charge on any atom is 0.290 e. The first-order chi connectivity index (χ1) is 10.1. The van der Waals surface area contributed by atoms with Crippen molar-refractivity contribution >= 4 is 12.2 Å². The minimum absolute atomic E-state index is 0.250. The van der Waals surface area contributed by atoms with Gasteiger partial charge in [0.15, 0.2) is 0 Å². The smallest absolute Gasteiger partial charge is 0.290 e. The number of anilines is 1. The van der Waals surface area contributed by atoms with Gasteiger partial charge in [0.05, 0.1) is 13.2 Å². The van der Waals surface area contributed by atoms with Crippen molar-refractivity contribution in [2.24, 2.45) is 0 Å². The van der Waals surface area contributed by atoms with Crippen LogP contribution in [0.25, 0.3) is 0 Å². The number of hydrogen-bond acceptors (Lipinski definition) is 5. The van der Waals surface area contributed by atoms with Crippen LogP contribution in [0.15, 0.2) is 12.1 Å². The number of carbonyl (C=O) groups is 1. The Morgan fingerprint density at radius 2 is 2.00 bits per heavy atom. The number of carboxylic acid groups (broad SMARTS) is 1. The fourth-order valence-corrected chi connectivity index (χ4v) is 2.05. The molecule has 0 aromatic heterocycles. The molecule has 1 aliphatic heterocycles. The zero-order valence-electron chi connectivity index (χ0n) is 12.7. The maximum absolute atomic E-state index is 8.36. The summed E-state index contributed by atoms with van der Waals surface area (Å²) in [5.74, 6) is 0.865. The third kappa shape index (κ3) is 6.01. The Morgan fingerprint density at radius 3 is 2.57 bits per heavy atom. The molecule has 2 rings (SSSR count). The van der Waals surface area contributed by atoms with E-state index in [-0.39, 0.29) is 6.47 Å². The zero-order chi connectivity index (χ0) is 15.7. The van der Waals surface area contributed by atoms with Crippen LogP contribution in [0.4, 0.5) is 5.69 Å². The third-order valence-electron chi connectivity index (χ3n) is 3.46. The molecule has 21 heavy (non-hydrogen) atoms. The lowest BCUT2D eigenvalue weighted by molar-refractivity contribution is -0.122. The Balaban J connectivity index is 0.000000677. The number of ether oxygens (including phenoxy) is 2. The Bertz CT molecular complexity index is 422. The second-order valence-corrected chi connectivity index (χ2v) is 4.86. The molecule has 6 nitrogen and oxygen atoms in total. The lowest BCUT2D eigenvalue weighted by Gasteiger charge is -2.26. The molecule has 0 spiro atoms. The summed E-state index contributed by atoms with van der Waals surface area (Å²) in [7, 11) is 0. The van der Waals surface area contributed by atoms with Crippen molar-refractivity contribution in [1.29, 1.82) is 0 Å². The van der Waals surface area contributed by atoms with Gasteiger partial charge < -0.3 is 20.3 Å². The van der Waals surface area contributed by atoms with E-state index < -0.39 is 0 Å². The van der Waals surface area contributed by atoms with Gasteiger partial charge in [0, 0.05) is 31.4 Å². The fraction of sp³-hybridized carbons (Fsp3) is 0.533. The molecule has 0 aliphatic carbocycles. The van der Waals surface area contributed by atoms with E-state index >= 15 is 0 Å². The molecule has 1 aliphatic rings. The Kier molecular flexibility index (Phi) is 7.56. The van der Waals surface area contributed by atoms with Crippen molar-refractivity contribution in [2.75, 3.05) is 45.2 Å². The van der Waals surface area contributed by atoms with Crippen LogP contribution < -0.4 is 10.5 Å². The van der Waals surface area contributed by atoms with E-state index in [9.17, 15) is 0 Å². The Hall–Kier alpha value is -1.79. The number of nitrogen functional groups attached to an aromatic ring is 1.